The minimum atomic E-state index is -0.141. The zero-order chi connectivity index (χ0) is 14.4. The van der Waals surface area contributed by atoms with Gasteiger partial charge in [0, 0.05) is 36.1 Å². The highest BCUT2D eigenvalue weighted by Crippen LogP contribution is 2.10. The number of rotatable bonds is 6. The number of hydrazine groups is 1. The van der Waals surface area contributed by atoms with Crippen molar-refractivity contribution in [3.8, 4) is 0 Å². The van der Waals surface area contributed by atoms with Crippen LogP contribution in [0.2, 0.25) is 0 Å². The molecule has 0 bridgehead atoms. The molecule has 0 radical (unpaired) electrons. The third kappa shape index (κ3) is 3.55. The van der Waals surface area contributed by atoms with Crippen LogP contribution < -0.4 is 16.6 Å². The van der Waals surface area contributed by atoms with Crippen LogP contribution in [0.3, 0.4) is 0 Å². The minimum Gasteiger partial charge on any atom is -0.352 e. The van der Waals surface area contributed by atoms with Crippen molar-refractivity contribution in [2.45, 2.75) is 19.8 Å². The van der Waals surface area contributed by atoms with Gasteiger partial charge in [0.1, 0.15) is 5.82 Å². The summed E-state index contributed by atoms with van der Waals surface area (Å²) in [7, 11) is 0. The van der Waals surface area contributed by atoms with Crippen molar-refractivity contribution in [2.24, 2.45) is 5.84 Å². The van der Waals surface area contributed by atoms with Gasteiger partial charge in [-0.25, -0.2) is 15.8 Å². The van der Waals surface area contributed by atoms with Gasteiger partial charge in [-0.15, -0.1) is 0 Å². The molecule has 0 aliphatic carbocycles. The summed E-state index contributed by atoms with van der Waals surface area (Å²) in [5, 5.41) is 2.86. The summed E-state index contributed by atoms with van der Waals surface area (Å²) in [6, 6.07) is 3.40. The number of hydrogen-bond donors (Lipinski definition) is 4. The molecule has 2 heterocycles. The molecule has 2 rings (SSSR count). The number of aryl methyl sites for hydroxylation is 1. The molecule has 106 valence electrons. The third-order valence-electron chi connectivity index (χ3n) is 2.89. The van der Waals surface area contributed by atoms with Crippen LogP contribution in [0.15, 0.2) is 24.7 Å². The standard InChI is InChI=1S/C13H18N6O/c1-2-10-5-9(6-12(18-10)19-14)13(20)16-4-3-11-7-15-8-17-11/h5-8H,2-4,14H2,1H3,(H,15,17)(H,16,20)(H,18,19). The molecule has 2 aromatic rings. The van der Waals surface area contributed by atoms with Crippen LogP contribution in [-0.2, 0) is 12.8 Å². The quantitative estimate of drug-likeness (QED) is 0.456. The van der Waals surface area contributed by atoms with Crippen LogP contribution in [0.4, 0.5) is 5.82 Å². The largest absolute Gasteiger partial charge is 0.352 e. The Morgan fingerprint density at radius 2 is 2.30 bits per heavy atom. The van der Waals surface area contributed by atoms with Gasteiger partial charge in [-0.05, 0) is 18.6 Å². The first kappa shape index (κ1) is 14.0. The van der Waals surface area contributed by atoms with Gasteiger partial charge in [0.05, 0.1) is 6.33 Å². The zero-order valence-corrected chi connectivity index (χ0v) is 11.3. The van der Waals surface area contributed by atoms with Crippen LogP contribution in [0.5, 0.6) is 0 Å². The average molecular weight is 274 g/mol. The summed E-state index contributed by atoms with van der Waals surface area (Å²) in [5.41, 5.74) is 4.82. The van der Waals surface area contributed by atoms with Gasteiger partial charge in [0.15, 0.2) is 0 Å². The maximum Gasteiger partial charge on any atom is 0.251 e. The first-order valence-electron chi connectivity index (χ1n) is 6.46. The maximum absolute atomic E-state index is 12.1. The number of H-pyrrole nitrogens is 1. The number of carbonyl (C=O) groups excluding carboxylic acids is 1. The number of imidazole rings is 1. The fourth-order valence-corrected chi connectivity index (χ4v) is 1.81. The molecule has 0 saturated carbocycles. The smallest absolute Gasteiger partial charge is 0.251 e. The van der Waals surface area contributed by atoms with E-state index in [2.05, 4.69) is 25.7 Å². The molecule has 0 spiro atoms. The topological polar surface area (TPSA) is 109 Å². The highest BCUT2D eigenvalue weighted by molar-refractivity contribution is 5.95. The van der Waals surface area contributed by atoms with Gasteiger partial charge in [0.2, 0.25) is 0 Å². The van der Waals surface area contributed by atoms with Gasteiger partial charge in [-0.2, -0.15) is 0 Å². The number of pyridine rings is 1. The average Bonchev–Trinajstić information content (AvgIpc) is 2.99. The van der Waals surface area contributed by atoms with E-state index in [4.69, 9.17) is 5.84 Å². The minimum absolute atomic E-state index is 0.141. The molecular weight excluding hydrogens is 256 g/mol. The van der Waals surface area contributed by atoms with E-state index >= 15 is 0 Å². The van der Waals surface area contributed by atoms with Crippen molar-refractivity contribution < 1.29 is 4.79 Å². The van der Waals surface area contributed by atoms with Crippen molar-refractivity contribution in [1.82, 2.24) is 20.3 Å². The molecule has 0 aliphatic rings. The van der Waals surface area contributed by atoms with Gasteiger partial charge in [0.25, 0.3) is 5.91 Å². The van der Waals surface area contributed by atoms with Crippen molar-refractivity contribution in [3.05, 3.63) is 41.6 Å². The first-order chi connectivity index (χ1) is 9.72. The molecule has 2 aromatic heterocycles. The van der Waals surface area contributed by atoms with Crippen molar-refractivity contribution in [3.63, 3.8) is 0 Å². The summed E-state index contributed by atoms with van der Waals surface area (Å²) >= 11 is 0. The number of hydrogen-bond acceptors (Lipinski definition) is 5. The van der Waals surface area contributed by atoms with E-state index < -0.39 is 0 Å². The second-order valence-electron chi connectivity index (χ2n) is 4.31. The molecule has 0 fully saturated rings. The Kier molecular flexibility index (Phi) is 4.67. The molecule has 0 saturated heterocycles. The number of nitrogens with one attached hydrogen (secondary N) is 3. The number of anilines is 1. The zero-order valence-electron chi connectivity index (χ0n) is 11.3. The lowest BCUT2D eigenvalue weighted by Crippen LogP contribution is -2.26. The number of nitrogens with zero attached hydrogens (tertiary/aromatic N) is 2. The normalized spacial score (nSPS) is 10.3. The van der Waals surface area contributed by atoms with E-state index in [1.54, 1.807) is 24.7 Å². The fraction of sp³-hybridized carbons (Fsp3) is 0.308. The highest BCUT2D eigenvalue weighted by Gasteiger charge is 2.09. The van der Waals surface area contributed by atoms with E-state index in [9.17, 15) is 4.79 Å². The number of aromatic nitrogens is 3. The number of amides is 1. The molecule has 20 heavy (non-hydrogen) atoms. The Morgan fingerprint density at radius 3 is 2.95 bits per heavy atom. The first-order valence-corrected chi connectivity index (χ1v) is 6.46. The molecule has 5 N–H and O–H groups in total. The Morgan fingerprint density at radius 1 is 1.45 bits per heavy atom. The van der Waals surface area contributed by atoms with Gasteiger partial charge >= 0.3 is 0 Å². The summed E-state index contributed by atoms with van der Waals surface area (Å²) in [5.74, 6) is 5.70. The Labute approximate surface area is 117 Å². The SMILES string of the molecule is CCc1cc(C(=O)NCCc2cnc[nH]2)cc(NN)n1. The molecule has 0 aliphatic heterocycles. The number of nitrogens with two attached hydrogens (primary N) is 1. The van der Waals surface area contributed by atoms with Crippen LogP contribution >= 0.6 is 0 Å². The van der Waals surface area contributed by atoms with Crippen LogP contribution in [0.25, 0.3) is 0 Å². The summed E-state index contributed by atoms with van der Waals surface area (Å²) in [6.45, 7) is 2.51. The van der Waals surface area contributed by atoms with E-state index in [1.165, 1.54) is 0 Å². The molecule has 7 heteroatoms. The van der Waals surface area contributed by atoms with Crippen molar-refractivity contribution in [1.29, 1.82) is 0 Å². The number of carbonyl (C=O) groups is 1. The van der Waals surface area contributed by atoms with E-state index in [-0.39, 0.29) is 5.91 Å². The van der Waals surface area contributed by atoms with E-state index in [1.807, 2.05) is 6.92 Å². The van der Waals surface area contributed by atoms with E-state index in [0.29, 0.717) is 24.3 Å². The summed E-state index contributed by atoms with van der Waals surface area (Å²) in [6.07, 6.45) is 4.81. The van der Waals surface area contributed by atoms with Crippen LogP contribution in [0, 0.1) is 0 Å². The number of aromatic amines is 1. The molecular formula is C13H18N6O. The maximum atomic E-state index is 12.1. The monoisotopic (exact) mass is 274 g/mol. The van der Waals surface area contributed by atoms with Crippen molar-refractivity contribution in [2.75, 3.05) is 12.0 Å². The van der Waals surface area contributed by atoms with Crippen molar-refractivity contribution >= 4 is 11.7 Å². The summed E-state index contributed by atoms with van der Waals surface area (Å²) < 4.78 is 0. The Hall–Kier alpha value is -2.41. The molecule has 1 amide bonds. The lowest BCUT2D eigenvalue weighted by atomic mass is 10.2. The summed E-state index contributed by atoms with van der Waals surface area (Å²) in [4.78, 5) is 23.2. The van der Waals surface area contributed by atoms with Gasteiger partial charge < -0.3 is 15.7 Å². The molecule has 0 unspecified atom stereocenters. The van der Waals surface area contributed by atoms with Crippen LogP contribution in [0.1, 0.15) is 28.7 Å². The number of nitrogen functional groups attached to an aromatic ring is 1. The predicted octanol–water partition coefficient (Wildman–Crippen LogP) is 0.625. The van der Waals surface area contributed by atoms with Gasteiger partial charge in [-0.3, -0.25) is 4.79 Å². The van der Waals surface area contributed by atoms with Crippen LogP contribution in [-0.4, -0.2) is 27.4 Å². The molecule has 0 atom stereocenters. The fourth-order valence-electron chi connectivity index (χ4n) is 1.81. The lowest BCUT2D eigenvalue weighted by Gasteiger charge is -2.08. The lowest BCUT2D eigenvalue weighted by molar-refractivity contribution is 0.0954. The highest BCUT2D eigenvalue weighted by atomic mass is 16.1. The second kappa shape index (κ2) is 6.67. The molecule has 0 aromatic carbocycles. The molecule has 7 nitrogen and oxygen atoms in total. The Balaban J connectivity index is 1.97. The Bertz CT molecular complexity index is 544. The van der Waals surface area contributed by atoms with Gasteiger partial charge in [-0.1, -0.05) is 6.92 Å². The third-order valence-corrected chi connectivity index (χ3v) is 2.89. The van der Waals surface area contributed by atoms with E-state index in [0.717, 1.165) is 17.8 Å². The predicted molar refractivity (Wildman–Crippen MR) is 76.1 cm³/mol. The second-order valence-corrected chi connectivity index (χ2v) is 4.31.